The quantitative estimate of drug-likeness (QED) is 0.860. The van der Waals surface area contributed by atoms with Crippen LogP contribution >= 0.6 is 0 Å². The Morgan fingerprint density at radius 3 is 2.79 bits per heavy atom. The van der Waals surface area contributed by atoms with Gasteiger partial charge in [-0.2, -0.15) is 0 Å². The highest BCUT2D eigenvalue weighted by molar-refractivity contribution is 5.90. The normalized spacial score (nSPS) is 22.3. The minimum absolute atomic E-state index is 0.0211. The maximum atomic E-state index is 11.2. The topological polar surface area (TPSA) is 41.1 Å². The van der Waals surface area contributed by atoms with Gasteiger partial charge < -0.3 is 10.6 Å². The third-order valence-corrected chi connectivity index (χ3v) is 4.04. The fourth-order valence-electron chi connectivity index (χ4n) is 2.85. The van der Waals surface area contributed by atoms with Gasteiger partial charge in [0.2, 0.25) is 5.91 Å². The van der Waals surface area contributed by atoms with Crippen molar-refractivity contribution in [3.05, 3.63) is 23.8 Å². The van der Waals surface area contributed by atoms with Crippen LogP contribution in [0.1, 0.15) is 45.1 Å². The Morgan fingerprint density at radius 2 is 2.16 bits per heavy atom. The SMILES string of the molecule is CCC1CCC(Nc2ccc(C)c(NC(C)=O)c2)C1. The predicted molar refractivity (Wildman–Crippen MR) is 80.5 cm³/mol. The Labute approximate surface area is 115 Å². The van der Waals surface area contributed by atoms with E-state index in [0.29, 0.717) is 6.04 Å². The molecule has 0 spiro atoms. The van der Waals surface area contributed by atoms with Crippen LogP contribution in [0.25, 0.3) is 0 Å². The summed E-state index contributed by atoms with van der Waals surface area (Å²) in [5.74, 6) is 0.852. The Morgan fingerprint density at radius 1 is 1.37 bits per heavy atom. The van der Waals surface area contributed by atoms with Crippen molar-refractivity contribution in [3.8, 4) is 0 Å². The van der Waals surface area contributed by atoms with Gasteiger partial charge in [0, 0.05) is 24.3 Å². The lowest BCUT2D eigenvalue weighted by Gasteiger charge is -2.16. The molecule has 1 aliphatic carbocycles. The number of benzene rings is 1. The van der Waals surface area contributed by atoms with Crippen LogP contribution in [0.3, 0.4) is 0 Å². The van der Waals surface area contributed by atoms with E-state index in [1.165, 1.54) is 25.7 Å². The van der Waals surface area contributed by atoms with Crippen molar-refractivity contribution in [1.29, 1.82) is 0 Å². The van der Waals surface area contributed by atoms with Gasteiger partial charge in [0.15, 0.2) is 0 Å². The van der Waals surface area contributed by atoms with Crippen molar-refractivity contribution in [1.82, 2.24) is 0 Å². The molecule has 1 aromatic carbocycles. The zero-order chi connectivity index (χ0) is 13.8. The Balaban J connectivity index is 2.03. The summed E-state index contributed by atoms with van der Waals surface area (Å²) in [5.41, 5.74) is 3.11. The lowest BCUT2D eigenvalue weighted by molar-refractivity contribution is -0.114. The van der Waals surface area contributed by atoms with Gasteiger partial charge in [-0.3, -0.25) is 4.79 Å². The first-order valence-electron chi connectivity index (χ1n) is 7.23. The molecular weight excluding hydrogens is 236 g/mol. The molecule has 3 nitrogen and oxygen atoms in total. The van der Waals surface area contributed by atoms with Crippen LogP contribution in [-0.2, 0) is 4.79 Å². The van der Waals surface area contributed by atoms with E-state index in [1.807, 2.05) is 13.0 Å². The van der Waals surface area contributed by atoms with E-state index in [2.05, 4.69) is 29.7 Å². The molecule has 2 unspecified atom stereocenters. The zero-order valence-electron chi connectivity index (χ0n) is 12.1. The van der Waals surface area contributed by atoms with Crippen LogP contribution < -0.4 is 10.6 Å². The number of hydrogen-bond acceptors (Lipinski definition) is 2. The zero-order valence-corrected chi connectivity index (χ0v) is 12.1. The molecule has 3 heteroatoms. The van der Waals surface area contributed by atoms with Gasteiger partial charge in [-0.1, -0.05) is 19.4 Å². The van der Waals surface area contributed by atoms with Crippen molar-refractivity contribution in [2.24, 2.45) is 5.92 Å². The number of nitrogens with one attached hydrogen (secondary N) is 2. The first-order chi connectivity index (χ1) is 9.08. The molecule has 1 saturated carbocycles. The second-order valence-corrected chi connectivity index (χ2v) is 5.64. The summed E-state index contributed by atoms with van der Waals surface area (Å²) in [5, 5.41) is 6.47. The van der Waals surface area contributed by atoms with E-state index in [1.54, 1.807) is 6.92 Å². The highest BCUT2D eigenvalue weighted by atomic mass is 16.1. The Hall–Kier alpha value is -1.51. The van der Waals surface area contributed by atoms with Crippen molar-refractivity contribution in [2.75, 3.05) is 10.6 Å². The number of rotatable bonds is 4. The summed E-state index contributed by atoms with van der Waals surface area (Å²) < 4.78 is 0. The molecule has 19 heavy (non-hydrogen) atoms. The maximum Gasteiger partial charge on any atom is 0.221 e. The number of aryl methyl sites for hydroxylation is 1. The fourth-order valence-corrected chi connectivity index (χ4v) is 2.85. The number of carbonyl (C=O) groups is 1. The number of carbonyl (C=O) groups excluding carboxylic acids is 1. The molecule has 0 radical (unpaired) electrons. The molecule has 0 saturated heterocycles. The van der Waals surface area contributed by atoms with E-state index in [9.17, 15) is 4.79 Å². The minimum atomic E-state index is -0.0211. The van der Waals surface area contributed by atoms with Gasteiger partial charge in [0.1, 0.15) is 0 Å². The van der Waals surface area contributed by atoms with Gasteiger partial charge >= 0.3 is 0 Å². The largest absolute Gasteiger partial charge is 0.382 e. The van der Waals surface area contributed by atoms with Gasteiger partial charge in [0.05, 0.1) is 0 Å². The van der Waals surface area contributed by atoms with Gasteiger partial charge in [0.25, 0.3) is 0 Å². The minimum Gasteiger partial charge on any atom is -0.382 e. The van der Waals surface area contributed by atoms with Crippen molar-refractivity contribution in [3.63, 3.8) is 0 Å². The molecule has 1 aromatic rings. The summed E-state index contributed by atoms with van der Waals surface area (Å²) in [6, 6.07) is 6.77. The molecule has 0 aromatic heterocycles. The second-order valence-electron chi connectivity index (χ2n) is 5.64. The van der Waals surface area contributed by atoms with Crippen molar-refractivity contribution < 1.29 is 4.79 Å². The first kappa shape index (κ1) is 13.9. The fraction of sp³-hybridized carbons (Fsp3) is 0.562. The summed E-state index contributed by atoms with van der Waals surface area (Å²) in [4.78, 5) is 11.2. The molecule has 2 atom stereocenters. The number of anilines is 2. The van der Waals surface area contributed by atoms with Crippen molar-refractivity contribution in [2.45, 2.75) is 52.5 Å². The summed E-state index contributed by atoms with van der Waals surface area (Å²) in [6.07, 6.45) is 5.13. The second kappa shape index (κ2) is 6.09. The highest BCUT2D eigenvalue weighted by Crippen LogP contribution is 2.31. The molecule has 0 heterocycles. The van der Waals surface area contributed by atoms with Gasteiger partial charge in [-0.15, -0.1) is 0 Å². The molecule has 0 aliphatic heterocycles. The average molecular weight is 260 g/mol. The van der Waals surface area contributed by atoms with E-state index in [0.717, 1.165) is 22.9 Å². The average Bonchev–Trinajstić information content (AvgIpc) is 2.80. The molecule has 2 N–H and O–H groups in total. The summed E-state index contributed by atoms with van der Waals surface area (Å²) >= 11 is 0. The third-order valence-electron chi connectivity index (χ3n) is 4.04. The van der Waals surface area contributed by atoms with Crippen LogP contribution in [0.15, 0.2) is 18.2 Å². The maximum absolute atomic E-state index is 11.2. The van der Waals surface area contributed by atoms with Gasteiger partial charge in [-0.25, -0.2) is 0 Å². The van der Waals surface area contributed by atoms with E-state index in [4.69, 9.17) is 0 Å². The van der Waals surface area contributed by atoms with Crippen LogP contribution in [0.5, 0.6) is 0 Å². The third kappa shape index (κ3) is 3.72. The van der Waals surface area contributed by atoms with Crippen LogP contribution in [0.4, 0.5) is 11.4 Å². The highest BCUT2D eigenvalue weighted by Gasteiger charge is 2.23. The monoisotopic (exact) mass is 260 g/mol. The molecular formula is C16H24N2O. The standard InChI is InChI=1S/C16H24N2O/c1-4-13-6-8-14(9-13)18-15-7-5-11(2)16(10-15)17-12(3)19/h5,7,10,13-14,18H,4,6,8-9H2,1-3H3,(H,17,19). The van der Waals surface area contributed by atoms with Crippen molar-refractivity contribution >= 4 is 17.3 Å². The predicted octanol–water partition coefficient (Wildman–Crippen LogP) is 3.94. The lowest BCUT2D eigenvalue weighted by Crippen LogP contribution is -2.16. The molecule has 1 fully saturated rings. The number of amides is 1. The van der Waals surface area contributed by atoms with Crippen LogP contribution in [0, 0.1) is 12.8 Å². The summed E-state index contributed by atoms with van der Waals surface area (Å²) in [6.45, 7) is 5.83. The van der Waals surface area contributed by atoms with E-state index >= 15 is 0 Å². The van der Waals surface area contributed by atoms with Crippen LogP contribution in [0.2, 0.25) is 0 Å². The first-order valence-corrected chi connectivity index (χ1v) is 7.23. The molecule has 0 bridgehead atoms. The summed E-state index contributed by atoms with van der Waals surface area (Å²) in [7, 11) is 0. The van der Waals surface area contributed by atoms with E-state index < -0.39 is 0 Å². The van der Waals surface area contributed by atoms with Gasteiger partial charge in [-0.05, 0) is 49.8 Å². The lowest BCUT2D eigenvalue weighted by atomic mass is 10.1. The number of hydrogen-bond donors (Lipinski definition) is 2. The Bertz CT molecular complexity index is 456. The molecule has 1 aliphatic rings. The van der Waals surface area contributed by atoms with Crippen LogP contribution in [-0.4, -0.2) is 11.9 Å². The molecule has 1 amide bonds. The van der Waals surface area contributed by atoms with E-state index in [-0.39, 0.29) is 5.91 Å². The molecule has 2 rings (SSSR count). The smallest absolute Gasteiger partial charge is 0.221 e. The molecule has 104 valence electrons. The Kier molecular flexibility index (Phi) is 4.46.